The monoisotopic (exact) mass is 294 g/mol. The number of piperazine rings is 1. The van der Waals surface area contributed by atoms with Crippen LogP contribution in [0.3, 0.4) is 0 Å². The molecule has 0 saturated carbocycles. The van der Waals surface area contributed by atoms with Crippen LogP contribution >= 0.6 is 0 Å². The summed E-state index contributed by atoms with van der Waals surface area (Å²) in [7, 11) is 3.41. The number of hydrogen-bond acceptors (Lipinski definition) is 5. The van der Waals surface area contributed by atoms with Gasteiger partial charge in [0.05, 0.1) is 19.2 Å². The first-order valence-electron chi connectivity index (χ1n) is 7.52. The van der Waals surface area contributed by atoms with E-state index < -0.39 is 0 Å². The van der Waals surface area contributed by atoms with Crippen LogP contribution in [0.4, 0.5) is 0 Å². The number of esters is 1. The Labute approximate surface area is 126 Å². The zero-order valence-corrected chi connectivity index (χ0v) is 13.5. The van der Waals surface area contributed by atoms with Gasteiger partial charge >= 0.3 is 5.97 Å². The lowest BCUT2D eigenvalue weighted by atomic mass is 10.1. The van der Waals surface area contributed by atoms with Gasteiger partial charge in [0.1, 0.15) is 0 Å². The van der Waals surface area contributed by atoms with Gasteiger partial charge in [0.25, 0.3) is 0 Å². The van der Waals surface area contributed by atoms with Gasteiger partial charge in [-0.2, -0.15) is 5.10 Å². The first-order valence-corrected chi connectivity index (χ1v) is 7.52. The van der Waals surface area contributed by atoms with Crippen LogP contribution in [-0.4, -0.2) is 64.9 Å². The molecule has 1 unspecified atom stereocenters. The van der Waals surface area contributed by atoms with Gasteiger partial charge in [-0.3, -0.25) is 19.3 Å². The standard InChI is InChI=1S/C15H26N4O2/c1-12-9-18(6-5-15(20)21-4)7-8-19(12)11-14-10-17(3)16-13(14)2/h10,12H,5-9,11H2,1-4H3. The molecule has 21 heavy (non-hydrogen) atoms. The van der Waals surface area contributed by atoms with Crippen LogP contribution in [0, 0.1) is 6.92 Å². The van der Waals surface area contributed by atoms with E-state index in [4.69, 9.17) is 4.74 Å². The van der Waals surface area contributed by atoms with Gasteiger partial charge in [-0.05, 0) is 13.8 Å². The molecule has 6 nitrogen and oxygen atoms in total. The summed E-state index contributed by atoms with van der Waals surface area (Å²) >= 11 is 0. The number of carbonyl (C=O) groups excluding carboxylic acids is 1. The molecule has 2 rings (SSSR count). The summed E-state index contributed by atoms with van der Waals surface area (Å²) in [5.74, 6) is -0.129. The van der Waals surface area contributed by atoms with Crippen LogP contribution in [0.5, 0.6) is 0 Å². The Hall–Kier alpha value is -1.40. The van der Waals surface area contributed by atoms with E-state index >= 15 is 0 Å². The maximum atomic E-state index is 11.2. The summed E-state index contributed by atoms with van der Waals surface area (Å²) < 4.78 is 6.58. The van der Waals surface area contributed by atoms with Gasteiger partial charge in [-0.1, -0.05) is 0 Å². The second-order valence-corrected chi connectivity index (χ2v) is 5.86. The van der Waals surface area contributed by atoms with Crippen molar-refractivity contribution in [2.45, 2.75) is 32.9 Å². The van der Waals surface area contributed by atoms with Crippen molar-refractivity contribution in [3.8, 4) is 0 Å². The second kappa shape index (κ2) is 7.04. The number of carbonyl (C=O) groups is 1. The fraction of sp³-hybridized carbons (Fsp3) is 0.733. The van der Waals surface area contributed by atoms with Crippen molar-refractivity contribution < 1.29 is 9.53 Å². The molecule has 1 aromatic rings. The quantitative estimate of drug-likeness (QED) is 0.752. The predicted octanol–water partition coefficient (Wildman–Crippen LogP) is 0.798. The second-order valence-electron chi connectivity index (χ2n) is 5.86. The molecule has 0 aliphatic carbocycles. The molecule has 0 amide bonds. The molecule has 1 fully saturated rings. The molecule has 0 spiro atoms. The SMILES string of the molecule is COC(=O)CCN1CCN(Cc2cn(C)nc2C)C(C)C1. The summed E-state index contributed by atoms with van der Waals surface area (Å²) in [5.41, 5.74) is 2.41. The van der Waals surface area contributed by atoms with E-state index in [2.05, 4.69) is 34.9 Å². The van der Waals surface area contributed by atoms with Crippen LogP contribution in [-0.2, 0) is 23.1 Å². The molecule has 6 heteroatoms. The number of ether oxygens (including phenoxy) is 1. The smallest absolute Gasteiger partial charge is 0.306 e. The predicted molar refractivity (Wildman–Crippen MR) is 80.9 cm³/mol. The molecule has 1 atom stereocenters. The normalized spacial score (nSPS) is 20.7. The molecule has 2 heterocycles. The Morgan fingerprint density at radius 2 is 2.24 bits per heavy atom. The minimum Gasteiger partial charge on any atom is -0.469 e. The average molecular weight is 294 g/mol. The fourth-order valence-electron chi connectivity index (χ4n) is 2.88. The molecule has 118 valence electrons. The van der Waals surface area contributed by atoms with Crippen molar-refractivity contribution in [2.75, 3.05) is 33.3 Å². The van der Waals surface area contributed by atoms with Gasteiger partial charge in [0.15, 0.2) is 0 Å². The van der Waals surface area contributed by atoms with E-state index in [0.29, 0.717) is 12.5 Å². The molecule has 0 N–H and O–H groups in total. The number of hydrogen-bond donors (Lipinski definition) is 0. The lowest BCUT2D eigenvalue weighted by Gasteiger charge is -2.39. The molecule has 1 aliphatic rings. The van der Waals surface area contributed by atoms with Gasteiger partial charge in [-0.15, -0.1) is 0 Å². The van der Waals surface area contributed by atoms with Crippen LogP contribution in [0.1, 0.15) is 24.6 Å². The Morgan fingerprint density at radius 3 is 2.81 bits per heavy atom. The third-order valence-electron chi connectivity index (χ3n) is 4.20. The third-order valence-corrected chi connectivity index (χ3v) is 4.20. The number of aryl methyl sites for hydroxylation is 2. The van der Waals surface area contributed by atoms with Gasteiger partial charge in [-0.25, -0.2) is 0 Å². The molecule has 1 aliphatic heterocycles. The highest BCUT2D eigenvalue weighted by molar-refractivity contribution is 5.69. The van der Waals surface area contributed by atoms with E-state index in [1.54, 1.807) is 0 Å². The molecule has 0 radical (unpaired) electrons. The van der Waals surface area contributed by atoms with Crippen molar-refractivity contribution in [1.82, 2.24) is 19.6 Å². The van der Waals surface area contributed by atoms with E-state index in [1.807, 2.05) is 11.7 Å². The fourth-order valence-corrected chi connectivity index (χ4v) is 2.88. The maximum absolute atomic E-state index is 11.2. The van der Waals surface area contributed by atoms with Gasteiger partial charge in [0.2, 0.25) is 0 Å². The number of aromatic nitrogens is 2. The Bertz CT molecular complexity index is 486. The maximum Gasteiger partial charge on any atom is 0.306 e. The van der Waals surface area contributed by atoms with Crippen molar-refractivity contribution in [3.63, 3.8) is 0 Å². The van der Waals surface area contributed by atoms with Crippen molar-refractivity contribution in [3.05, 3.63) is 17.5 Å². The number of nitrogens with zero attached hydrogens (tertiary/aromatic N) is 4. The Kier molecular flexibility index (Phi) is 5.36. The van der Waals surface area contributed by atoms with Crippen LogP contribution in [0.15, 0.2) is 6.20 Å². The molecule has 1 aromatic heterocycles. The molecule has 1 saturated heterocycles. The molecule has 0 bridgehead atoms. The van der Waals surface area contributed by atoms with Crippen molar-refractivity contribution in [1.29, 1.82) is 0 Å². The largest absolute Gasteiger partial charge is 0.469 e. The Balaban J connectivity index is 1.83. The number of rotatable bonds is 5. The topological polar surface area (TPSA) is 50.6 Å². The molecular formula is C15H26N4O2. The zero-order chi connectivity index (χ0) is 15.4. The highest BCUT2D eigenvalue weighted by Crippen LogP contribution is 2.15. The number of methoxy groups -OCH3 is 1. The Morgan fingerprint density at radius 1 is 1.48 bits per heavy atom. The molecule has 0 aromatic carbocycles. The highest BCUT2D eigenvalue weighted by atomic mass is 16.5. The average Bonchev–Trinajstić information content (AvgIpc) is 2.77. The van der Waals surface area contributed by atoms with Crippen LogP contribution in [0.25, 0.3) is 0 Å². The summed E-state index contributed by atoms with van der Waals surface area (Å²) in [4.78, 5) is 16.0. The van der Waals surface area contributed by atoms with Gasteiger partial charge in [0, 0.05) is 57.6 Å². The first kappa shape index (κ1) is 16.0. The van der Waals surface area contributed by atoms with E-state index in [0.717, 1.165) is 38.4 Å². The van der Waals surface area contributed by atoms with Crippen LogP contribution in [0.2, 0.25) is 0 Å². The van der Waals surface area contributed by atoms with E-state index in [9.17, 15) is 4.79 Å². The van der Waals surface area contributed by atoms with Crippen molar-refractivity contribution in [2.24, 2.45) is 7.05 Å². The summed E-state index contributed by atoms with van der Waals surface area (Å²) in [5, 5.41) is 4.40. The minimum absolute atomic E-state index is 0.129. The lowest BCUT2D eigenvalue weighted by Crippen LogP contribution is -2.51. The highest BCUT2D eigenvalue weighted by Gasteiger charge is 2.24. The lowest BCUT2D eigenvalue weighted by molar-refractivity contribution is -0.141. The van der Waals surface area contributed by atoms with Crippen LogP contribution < -0.4 is 0 Å². The van der Waals surface area contributed by atoms with E-state index in [1.165, 1.54) is 12.7 Å². The zero-order valence-electron chi connectivity index (χ0n) is 13.5. The summed E-state index contributed by atoms with van der Waals surface area (Å²) in [6.07, 6.45) is 2.58. The van der Waals surface area contributed by atoms with Gasteiger partial charge < -0.3 is 4.74 Å². The van der Waals surface area contributed by atoms with E-state index in [-0.39, 0.29) is 5.97 Å². The van der Waals surface area contributed by atoms with Crippen molar-refractivity contribution >= 4 is 5.97 Å². The third kappa shape index (κ3) is 4.28. The first-order chi connectivity index (χ1) is 9.99. The summed E-state index contributed by atoms with van der Waals surface area (Å²) in [6, 6.07) is 0.482. The molecular weight excluding hydrogens is 268 g/mol. The minimum atomic E-state index is -0.129. The summed E-state index contributed by atoms with van der Waals surface area (Å²) in [6.45, 7) is 9.07.